The van der Waals surface area contributed by atoms with E-state index in [1.54, 1.807) is 6.20 Å². The molecule has 0 unspecified atom stereocenters. The van der Waals surface area contributed by atoms with Crippen molar-refractivity contribution in [1.82, 2.24) is 4.98 Å². The van der Waals surface area contributed by atoms with E-state index in [-0.39, 0.29) is 11.2 Å². The third-order valence-electron chi connectivity index (χ3n) is 2.94. The minimum Gasteiger partial charge on any atom is -0.398 e. The van der Waals surface area contributed by atoms with Crippen molar-refractivity contribution in [2.24, 2.45) is 5.41 Å². The Morgan fingerprint density at radius 1 is 1.37 bits per heavy atom. The number of anilines is 2. The Labute approximate surface area is 113 Å². The molecule has 1 aromatic heterocycles. The highest BCUT2D eigenvalue weighted by Gasteiger charge is 2.20. The number of pyridine rings is 1. The van der Waals surface area contributed by atoms with E-state index in [4.69, 9.17) is 5.73 Å². The summed E-state index contributed by atoms with van der Waals surface area (Å²) in [5.74, 6) is -0.324. The molecule has 2 rings (SSSR count). The maximum Gasteiger partial charge on any atom is 0.150 e. The van der Waals surface area contributed by atoms with Gasteiger partial charge in [-0.3, -0.25) is 4.98 Å². The highest BCUT2D eigenvalue weighted by atomic mass is 19.1. The highest BCUT2D eigenvalue weighted by Crippen LogP contribution is 2.33. The molecule has 3 nitrogen and oxygen atoms in total. The number of aromatic nitrogens is 1. The van der Waals surface area contributed by atoms with Crippen molar-refractivity contribution >= 4 is 22.3 Å². The van der Waals surface area contributed by atoms with Crippen LogP contribution in [0.1, 0.15) is 20.8 Å². The summed E-state index contributed by atoms with van der Waals surface area (Å²) in [7, 11) is 1.88. The first kappa shape index (κ1) is 13.6. The molecule has 0 aliphatic carbocycles. The molecule has 2 aromatic rings. The van der Waals surface area contributed by atoms with Gasteiger partial charge >= 0.3 is 0 Å². The molecule has 4 heteroatoms. The summed E-state index contributed by atoms with van der Waals surface area (Å²) in [5.41, 5.74) is 7.48. The summed E-state index contributed by atoms with van der Waals surface area (Å²) in [6.07, 6.45) is 1.66. The maximum atomic E-state index is 14.2. The van der Waals surface area contributed by atoms with Gasteiger partial charge in [0.2, 0.25) is 0 Å². The number of nitrogen functional groups attached to an aromatic ring is 1. The van der Waals surface area contributed by atoms with Crippen LogP contribution in [0.25, 0.3) is 10.9 Å². The van der Waals surface area contributed by atoms with E-state index in [2.05, 4.69) is 25.8 Å². The zero-order valence-corrected chi connectivity index (χ0v) is 11.9. The van der Waals surface area contributed by atoms with Crippen molar-refractivity contribution in [3.8, 4) is 0 Å². The third kappa shape index (κ3) is 2.78. The lowest BCUT2D eigenvalue weighted by atomic mass is 9.96. The first-order valence-corrected chi connectivity index (χ1v) is 6.33. The van der Waals surface area contributed by atoms with Gasteiger partial charge in [0, 0.05) is 30.9 Å². The Bertz CT molecular complexity index is 602. The van der Waals surface area contributed by atoms with Crippen LogP contribution in [0.5, 0.6) is 0 Å². The molecule has 1 heterocycles. The lowest BCUT2D eigenvalue weighted by Gasteiger charge is -2.29. The van der Waals surface area contributed by atoms with Crippen molar-refractivity contribution < 1.29 is 4.39 Å². The van der Waals surface area contributed by atoms with E-state index < -0.39 is 0 Å². The summed E-state index contributed by atoms with van der Waals surface area (Å²) in [4.78, 5) is 6.20. The van der Waals surface area contributed by atoms with E-state index in [1.165, 1.54) is 6.07 Å². The second kappa shape index (κ2) is 4.68. The average molecular weight is 261 g/mol. The summed E-state index contributed by atoms with van der Waals surface area (Å²) < 4.78 is 14.2. The molecule has 0 atom stereocenters. The normalized spacial score (nSPS) is 11.8. The van der Waals surface area contributed by atoms with E-state index in [0.29, 0.717) is 16.9 Å². The van der Waals surface area contributed by atoms with Crippen LogP contribution in [-0.4, -0.2) is 18.6 Å². The van der Waals surface area contributed by atoms with Gasteiger partial charge in [0.1, 0.15) is 0 Å². The number of nitrogens with zero attached hydrogens (tertiary/aromatic N) is 2. The Hall–Kier alpha value is -1.84. The lowest BCUT2D eigenvalue weighted by Crippen LogP contribution is -2.30. The quantitative estimate of drug-likeness (QED) is 0.842. The van der Waals surface area contributed by atoms with Crippen molar-refractivity contribution in [2.45, 2.75) is 20.8 Å². The number of halogens is 1. The molecular weight excluding hydrogens is 241 g/mol. The number of rotatable bonds is 2. The summed E-state index contributed by atoms with van der Waals surface area (Å²) >= 11 is 0. The van der Waals surface area contributed by atoms with Crippen LogP contribution >= 0.6 is 0 Å². The van der Waals surface area contributed by atoms with Gasteiger partial charge in [0.25, 0.3) is 0 Å². The molecule has 2 N–H and O–H groups in total. The fourth-order valence-corrected chi connectivity index (χ4v) is 2.38. The molecule has 19 heavy (non-hydrogen) atoms. The van der Waals surface area contributed by atoms with Gasteiger partial charge < -0.3 is 10.6 Å². The number of hydrogen-bond acceptors (Lipinski definition) is 3. The second-order valence-corrected chi connectivity index (χ2v) is 6.11. The van der Waals surface area contributed by atoms with Crippen LogP contribution < -0.4 is 10.6 Å². The Balaban J connectivity index is 2.59. The summed E-state index contributed by atoms with van der Waals surface area (Å²) in [6.45, 7) is 7.09. The van der Waals surface area contributed by atoms with Gasteiger partial charge in [-0.1, -0.05) is 20.8 Å². The molecule has 0 aliphatic heterocycles. The van der Waals surface area contributed by atoms with E-state index in [9.17, 15) is 4.39 Å². The molecule has 0 radical (unpaired) electrons. The Morgan fingerprint density at radius 2 is 2.05 bits per heavy atom. The van der Waals surface area contributed by atoms with Crippen molar-refractivity contribution in [3.05, 3.63) is 30.2 Å². The van der Waals surface area contributed by atoms with Gasteiger partial charge in [0.15, 0.2) is 5.82 Å². The number of nitrogens with two attached hydrogens (primary N) is 1. The van der Waals surface area contributed by atoms with Crippen LogP contribution in [-0.2, 0) is 0 Å². The molecule has 0 spiro atoms. The second-order valence-electron chi connectivity index (χ2n) is 6.11. The topological polar surface area (TPSA) is 42.1 Å². The predicted molar refractivity (Wildman–Crippen MR) is 78.8 cm³/mol. The van der Waals surface area contributed by atoms with E-state index in [0.717, 1.165) is 11.9 Å². The van der Waals surface area contributed by atoms with Crippen LogP contribution in [0, 0.1) is 11.2 Å². The molecule has 0 aliphatic rings. The fourth-order valence-electron chi connectivity index (χ4n) is 2.38. The predicted octanol–water partition coefficient (Wildman–Crippen LogP) is 3.44. The highest BCUT2D eigenvalue weighted by molar-refractivity contribution is 5.98. The van der Waals surface area contributed by atoms with Crippen LogP contribution in [0.2, 0.25) is 0 Å². The molecule has 0 saturated heterocycles. The van der Waals surface area contributed by atoms with Gasteiger partial charge in [-0.25, -0.2) is 4.39 Å². The maximum absolute atomic E-state index is 14.2. The van der Waals surface area contributed by atoms with Gasteiger partial charge in [-0.2, -0.15) is 0 Å². The summed E-state index contributed by atoms with van der Waals surface area (Å²) in [5, 5.41) is 0.791. The molecule has 1 aromatic carbocycles. The number of benzene rings is 1. The molecule has 0 bridgehead atoms. The minimum atomic E-state index is -0.324. The van der Waals surface area contributed by atoms with Crippen molar-refractivity contribution in [1.29, 1.82) is 0 Å². The molecule has 0 saturated carbocycles. The Morgan fingerprint density at radius 3 is 2.68 bits per heavy atom. The minimum absolute atomic E-state index is 0.0731. The standard InChI is InChI=1S/C15H20FN3/c1-15(2,3)9-19(4)14-11(16)8-12(17)10-6-5-7-18-13(10)14/h5-8H,9,17H2,1-4H3. The largest absolute Gasteiger partial charge is 0.398 e. The fraction of sp³-hybridized carbons (Fsp3) is 0.400. The summed E-state index contributed by atoms with van der Waals surface area (Å²) in [6, 6.07) is 5.05. The first-order chi connectivity index (χ1) is 8.79. The van der Waals surface area contributed by atoms with Crippen molar-refractivity contribution in [2.75, 3.05) is 24.2 Å². The smallest absolute Gasteiger partial charge is 0.150 e. The monoisotopic (exact) mass is 261 g/mol. The van der Waals surface area contributed by atoms with Gasteiger partial charge in [-0.15, -0.1) is 0 Å². The SMILES string of the molecule is CN(CC(C)(C)C)c1c(F)cc(N)c2cccnc12. The molecule has 0 fully saturated rings. The zero-order chi connectivity index (χ0) is 14.2. The first-order valence-electron chi connectivity index (χ1n) is 6.33. The van der Waals surface area contributed by atoms with Crippen LogP contribution in [0.15, 0.2) is 24.4 Å². The van der Waals surface area contributed by atoms with E-state index in [1.807, 2.05) is 24.1 Å². The third-order valence-corrected chi connectivity index (χ3v) is 2.94. The molecule has 102 valence electrons. The zero-order valence-electron chi connectivity index (χ0n) is 11.9. The number of fused-ring (bicyclic) bond motifs is 1. The average Bonchev–Trinajstić information content (AvgIpc) is 2.26. The Kier molecular flexibility index (Phi) is 3.35. The van der Waals surface area contributed by atoms with E-state index >= 15 is 0 Å². The lowest BCUT2D eigenvalue weighted by molar-refractivity contribution is 0.417. The number of hydrogen-bond donors (Lipinski definition) is 1. The van der Waals surface area contributed by atoms with Crippen LogP contribution in [0.3, 0.4) is 0 Å². The van der Waals surface area contributed by atoms with Crippen LogP contribution in [0.4, 0.5) is 15.8 Å². The van der Waals surface area contributed by atoms with Gasteiger partial charge in [0.05, 0.1) is 11.2 Å². The molecule has 0 amide bonds. The van der Waals surface area contributed by atoms with Crippen molar-refractivity contribution in [3.63, 3.8) is 0 Å². The van der Waals surface area contributed by atoms with Gasteiger partial charge in [-0.05, 0) is 23.6 Å². The molecular formula is C15H20FN3.